The Morgan fingerprint density at radius 1 is 1.07 bits per heavy atom. The first-order valence-electron chi connectivity index (χ1n) is 13.8. The van der Waals surface area contributed by atoms with Gasteiger partial charge in [0.25, 0.3) is 15.9 Å². The smallest absolute Gasteiger partial charge is 0.254 e. The number of aromatic amines is 2. The Bertz CT molecular complexity index is 1870. The number of ketones is 1. The molecule has 5 heterocycles. The average Bonchev–Trinajstić information content (AvgIpc) is 3.72. The number of carbonyl (C=O) groups excluding carboxylic acids is 2. The molecule has 1 unspecified atom stereocenters. The van der Waals surface area contributed by atoms with Gasteiger partial charge in [-0.2, -0.15) is 9.57 Å². The number of halogens is 1. The van der Waals surface area contributed by atoms with Gasteiger partial charge in [0.05, 0.1) is 28.1 Å². The molecule has 7 rings (SSSR count). The normalized spacial score (nSPS) is 23.5. The van der Waals surface area contributed by atoms with Gasteiger partial charge in [0.2, 0.25) is 0 Å². The van der Waals surface area contributed by atoms with Crippen molar-refractivity contribution in [1.29, 1.82) is 5.26 Å². The fourth-order valence-electron chi connectivity index (χ4n) is 6.33. The zero-order valence-corrected chi connectivity index (χ0v) is 26.2. The van der Waals surface area contributed by atoms with E-state index in [2.05, 4.69) is 41.2 Å². The van der Waals surface area contributed by atoms with E-state index in [1.165, 1.54) is 21.7 Å². The highest BCUT2D eigenvalue weighted by Crippen LogP contribution is 2.53. The Morgan fingerprint density at radius 2 is 1.70 bits per heavy atom. The van der Waals surface area contributed by atoms with Crippen LogP contribution >= 0.6 is 27.3 Å². The zero-order chi connectivity index (χ0) is 30.6. The molecule has 0 spiro atoms. The van der Waals surface area contributed by atoms with Gasteiger partial charge in [-0.15, -0.1) is 11.3 Å². The summed E-state index contributed by atoms with van der Waals surface area (Å²) in [4.78, 5) is 44.1. The van der Waals surface area contributed by atoms with Crippen molar-refractivity contribution >= 4 is 49.0 Å². The fourth-order valence-corrected chi connectivity index (χ4v) is 10.0. The molecule has 0 bridgehead atoms. The lowest BCUT2D eigenvalue weighted by Crippen LogP contribution is -2.51. The van der Waals surface area contributed by atoms with Crippen LogP contribution in [0.5, 0.6) is 0 Å². The van der Waals surface area contributed by atoms with Crippen LogP contribution in [0.1, 0.15) is 27.3 Å². The summed E-state index contributed by atoms with van der Waals surface area (Å²) in [6, 6.07) is 11.4. The summed E-state index contributed by atoms with van der Waals surface area (Å²) < 4.78 is 29.1. The van der Waals surface area contributed by atoms with E-state index in [0.717, 1.165) is 15.2 Å². The van der Waals surface area contributed by atoms with Crippen molar-refractivity contribution < 1.29 is 18.0 Å². The highest BCUT2D eigenvalue weighted by Gasteiger charge is 2.65. The second kappa shape index (κ2) is 10.8. The molecule has 3 N–H and O–H groups in total. The number of rotatable bonds is 9. The molecule has 44 heavy (non-hydrogen) atoms. The number of carbonyl (C=O) groups is 2. The number of nitrogens with zero attached hydrogens (tertiary/aromatic N) is 5. The van der Waals surface area contributed by atoms with Gasteiger partial charge in [-0.05, 0) is 52.3 Å². The minimum atomic E-state index is -3.66. The summed E-state index contributed by atoms with van der Waals surface area (Å²) in [5, 5.41) is 12.6. The molecule has 2 saturated heterocycles. The Kier molecular flexibility index (Phi) is 7.04. The molecule has 1 aliphatic carbocycles. The second-order valence-electron chi connectivity index (χ2n) is 11.2. The van der Waals surface area contributed by atoms with Crippen LogP contribution in [-0.4, -0.2) is 73.9 Å². The van der Waals surface area contributed by atoms with Gasteiger partial charge in [0.15, 0.2) is 5.78 Å². The molecular weight excluding hydrogens is 668 g/mol. The molecule has 1 aromatic carbocycles. The van der Waals surface area contributed by atoms with Crippen molar-refractivity contribution in [2.45, 2.75) is 28.6 Å². The minimum Gasteiger partial charge on any atom is -0.356 e. The highest BCUT2D eigenvalue weighted by atomic mass is 79.9. The van der Waals surface area contributed by atoms with Crippen molar-refractivity contribution in [3.63, 3.8) is 0 Å². The number of benzene rings is 1. The Hall–Kier alpha value is -4.10. The van der Waals surface area contributed by atoms with Crippen LogP contribution in [0.15, 0.2) is 81.3 Å². The highest BCUT2D eigenvalue weighted by molar-refractivity contribution is 9.11. The first-order valence-corrected chi connectivity index (χ1v) is 16.8. The van der Waals surface area contributed by atoms with Gasteiger partial charge in [0.1, 0.15) is 15.6 Å². The first-order chi connectivity index (χ1) is 21.2. The predicted octanol–water partition coefficient (Wildman–Crippen LogP) is 2.83. The maximum atomic E-state index is 14.6. The van der Waals surface area contributed by atoms with Crippen LogP contribution in [-0.2, 0) is 27.7 Å². The van der Waals surface area contributed by atoms with Crippen molar-refractivity contribution in [3.8, 4) is 6.07 Å². The average molecular weight is 694 g/mol. The molecule has 3 fully saturated rings. The standard InChI is InChI=1S/C29H25BrN8O4S2/c30-24-5-6-26(43-24)44(41,42)37-13-21-22(14-37)27(21)38-25(7-23(39)18-3-1-17(10-31)2-4-18)36-29(28(38)40,8-19-11-32-15-34-19)9-20-12-33-16-35-20/h1-7,11-12,15-16,21-22,27,36H,8-9,13-14H2,(H,32,34)(H,33,35)/t21-,22+,27?. The summed E-state index contributed by atoms with van der Waals surface area (Å²) in [6.07, 6.45) is 8.37. The molecule has 12 nitrogen and oxygen atoms in total. The Labute approximate surface area is 265 Å². The number of allylic oxidation sites excluding steroid dienone is 1. The van der Waals surface area contributed by atoms with E-state index in [9.17, 15) is 18.0 Å². The Balaban J connectivity index is 1.22. The van der Waals surface area contributed by atoms with Crippen molar-refractivity contribution in [3.05, 3.63) is 99.6 Å². The number of H-pyrrole nitrogens is 2. The number of hydrogen-bond acceptors (Lipinski definition) is 9. The maximum Gasteiger partial charge on any atom is 0.254 e. The number of fused-ring (bicyclic) bond motifs is 1. The minimum absolute atomic E-state index is 0.0811. The number of imidazole rings is 2. The number of thiophene rings is 1. The molecule has 3 aliphatic rings. The predicted molar refractivity (Wildman–Crippen MR) is 162 cm³/mol. The van der Waals surface area contributed by atoms with Gasteiger partial charge >= 0.3 is 0 Å². The summed E-state index contributed by atoms with van der Waals surface area (Å²) in [7, 11) is -3.66. The fraction of sp³-hybridized carbons (Fsp3) is 0.276. The van der Waals surface area contributed by atoms with Crippen LogP contribution < -0.4 is 5.32 Å². The molecule has 0 radical (unpaired) electrons. The van der Waals surface area contributed by atoms with Crippen molar-refractivity contribution in [1.82, 2.24) is 34.5 Å². The number of nitriles is 1. The van der Waals surface area contributed by atoms with Gasteiger partial charge in [0, 0.05) is 79.2 Å². The topological polar surface area (TPSA) is 168 Å². The molecule has 15 heteroatoms. The van der Waals surface area contributed by atoms with Crippen molar-refractivity contribution in [2.24, 2.45) is 11.8 Å². The summed E-state index contributed by atoms with van der Waals surface area (Å²) in [5.41, 5.74) is 1.12. The summed E-state index contributed by atoms with van der Waals surface area (Å²) in [5.74, 6) is -0.340. The quantitative estimate of drug-likeness (QED) is 0.178. The van der Waals surface area contributed by atoms with E-state index in [4.69, 9.17) is 5.26 Å². The van der Waals surface area contributed by atoms with E-state index in [1.807, 2.05) is 6.07 Å². The molecule has 224 valence electrons. The maximum absolute atomic E-state index is 14.6. The SMILES string of the molecule is N#Cc1ccc(C(=O)C=C2NC(Cc3cnc[nH]3)(Cc3cnc[nH]3)C(=O)N2C2[C@H]3CN(S(=O)(=O)c4ccc(Br)s4)C[C@@H]23)cc1. The van der Waals surface area contributed by atoms with Gasteiger partial charge in [-0.1, -0.05) is 0 Å². The van der Waals surface area contributed by atoms with Crippen molar-refractivity contribution in [2.75, 3.05) is 13.1 Å². The molecule has 3 atom stereocenters. The third-order valence-electron chi connectivity index (χ3n) is 8.47. The molecule has 1 saturated carbocycles. The Morgan fingerprint density at radius 3 is 2.23 bits per heavy atom. The lowest BCUT2D eigenvalue weighted by atomic mass is 9.88. The lowest BCUT2D eigenvalue weighted by Gasteiger charge is -2.27. The van der Waals surface area contributed by atoms with Crippen LogP contribution in [0.4, 0.5) is 0 Å². The van der Waals surface area contributed by atoms with Crippen LogP contribution in [0.3, 0.4) is 0 Å². The van der Waals surface area contributed by atoms with E-state index < -0.39 is 15.6 Å². The number of hydrogen-bond donors (Lipinski definition) is 3. The van der Waals surface area contributed by atoms with E-state index in [0.29, 0.717) is 16.9 Å². The molecule has 1 amide bonds. The van der Waals surface area contributed by atoms with Gasteiger partial charge in [-0.25, -0.2) is 18.4 Å². The molecule has 2 aliphatic heterocycles. The second-order valence-corrected chi connectivity index (χ2v) is 15.8. The van der Waals surface area contributed by atoms with E-state index in [1.54, 1.807) is 66.3 Å². The summed E-state index contributed by atoms with van der Waals surface area (Å²) in [6.45, 7) is 0.559. The molecule has 4 aromatic rings. The largest absolute Gasteiger partial charge is 0.356 e. The number of amides is 1. The number of piperidine rings is 1. The lowest BCUT2D eigenvalue weighted by molar-refractivity contribution is -0.132. The first kappa shape index (κ1) is 28.7. The zero-order valence-electron chi connectivity index (χ0n) is 23.0. The van der Waals surface area contributed by atoms with E-state index >= 15 is 0 Å². The number of sulfonamides is 1. The van der Waals surface area contributed by atoms with Crippen LogP contribution in [0.25, 0.3) is 0 Å². The number of aromatic nitrogens is 4. The summed E-state index contributed by atoms with van der Waals surface area (Å²) >= 11 is 4.51. The molecular formula is C29H25BrN8O4S2. The number of nitrogens with one attached hydrogen (secondary N) is 3. The van der Waals surface area contributed by atoms with Crippen LogP contribution in [0.2, 0.25) is 0 Å². The third-order valence-corrected chi connectivity index (χ3v) is 12.4. The monoisotopic (exact) mass is 692 g/mol. The van der Waals surface area contributed by atoms with Crippen LogP contribution in [0, 0.1) is 23.2 Å². The van der Waals surface area contributed by atoms with E-state index in [-0.39, 0.29) is 59.7 Å². The third kappa shape index (κ3) is 4.97. The van der Waals surface area contributed by atoms with Gasteiger partial charge in [-0.3, -0.25) is 14.5 Å². The molecule has 3 aromatic heterocycles. The van der Waals surface area contributed by atoms with Gasteiger partial charge < -0.3 is 15.3 Å².